The van der Waals surface area contributed by atoms with Crippen molar-refractivity contribution in [1.29, 1.82) is 0 Å². The molecule has 0 unspecified atom stereocenters. The summed E-state index contributed by atoms with van der Waals surface area (Å²) in [5, 5.41) is 12.8. The monoisotopic (exact) mass is 1580 g/mol. The van der Waals surface area contributed by atoms with Crippen molar-refractivity contribution in [1.82, 2.24) is 69.8 Å². The van der Waals surface area contributed by atoms with Crippen LogP contribution in [0.1, 0.15) is 283 Å². The minimum atomic E-state index is -0.674. The van der Waals surface area contributed by atoms with E-state index in [-0.39, 0.29) is 52.7 Å². The molecule has 0 aliphatic carbocycles. The SMILES string of the molecule is CC(C)c1cc(NCc2ccccc2)nc(C(N)=O)n1.Cc1cc(C(C)C)nc(C)n1.Cc1ccc(CNc2cc(C(C)C)nc(C(N)=O)n2)cc1.Cc1ccc(CNc2cc(C(C)C)nc(C(N)=O)n2)cc1F.Cc1ccc(CNc2cc(C(C)C)ncn2)cc1.Cc1nc(C(N)=O)cc(C(C)C)n1.Cc1nc(N)cc(C(C)C)n1. The molecule has 28 heteroatoms. The van der Waals surface area contributed by atoms with Crippen LogP contribution in [0.15, 0.2) is 146 Å². The van der Waals surface area contributed by atoms with Gasteiger partial charge in [-0.25, -0.2) is 74.2 Å². The number of carbonyl (C=O) groups is 4. The third-order valence-electron chi connectivity index (χ3n) is 16.9. The first-order valence-electron chi connectivity index (χ1n) is 38.5. The Morgan fingerprint density at radius 2 is 0.664 bits per heavy atom. The molecule has 0 fully saturated rings. The van der Waals surface area contributed by atoms with Crippen molar-refractivity contribution < 1.29 is 23.6 Å². The molecule has 7 heterocycles. The van der Waals surface area contributed by atoms with Crippen LogP contribution in [-0.4, -0.2) is 93.4 Å². The van der Waals surface area contributed by atoms with Crippen LogP contribution < -0.4 is 49.9 Å². The van der Waals surface area contributed by atoms with Crippen LogP contribution in [0, 0.1) is 54.3 Å². The fourth-order valence-corrected chi connectivity index (χ4v) is 10.2. The number of benzene rings is 4. The number of amides is 4. The number of hydrogen-bond acceptors (Lipinski definition) is 23. The molecule has 11 aromatic rings. The summed E-state index contributed by atoms with van der Waals surface area (Å²) in [6, 6.07) is 44.7. The molecular weight excluding hydrogens is 1460 g/mol. The quantitative estimate of drug-likeness (QED) is 0.0287. The van der Waals surface area contributed by atoms with E-state index in [1.807, 2.05) is 143 Å². The largest absolute Gasteiger partial charge is 0.384 e. The Hall–Kier alpha value is -12.8. The lowest BCUT2D eigenvalue weighted by atomic mass is 10.1. The molecule has 0 saturated carbocycles. The second-order valence-electron chi connectivity index (χ2n) is 29.8. The van der Waals surface area contributed by atoms with Gasteiger partial charge in [0.05, 0.1) is 0 Å². The zero-order valence-corrected chi connectivity index (χ0v) is 70.9. The van der Waals surface area contributed by atoms with E-state index in [2.05, 4.69) is 195 Å². The van der Waals surface area contributed by atoms with Crippen molar-refractivity contribution in [2.24, 2.45) is 22.9 Å². The predicted molar refractivity (Wildman–Crippen MR) is 460 cm³/mol. The van der Waals surface area contributed by atoms with Gasteiger partial charge in [0.25, 0.3) is 23.6 Å². The molecule has 4 amide bonds. The van der Waals surface area contributed by atoms with Gasteiger partial charge in [0, 0.05) is 102 Å². The number of primary amides is 4. The van der Waals surface area contributed by atoms with E-state index in [1.165, 1.54) is 22.8 Å². The molecule has 0 atom stereocenters. The highest BCUT2D eigenvalue weighted by Gasteiger charge is 2.17. The summed E-state index contributed by atoms with van der Waals surface area (Å²) in [5.74, 6) is 4.92. The van der Waals surface area contributed by atoms with Gasteiger partial charge in [-0.3, -0.25) is 19.2 Å². The molecule has 0 radical (unpaired) electrons. The number of hydrogen-bond donors (Lipinski definition) is 9. The van der Waals surface area contributed by atoms with E-state index in [4.69, 9.17) is 28.7 Å². The zero-order valence-electron chi connectivity index (χ0n) is 70.9. The van der Waals surface area contributed by atoms with Crippen molar-refractivity contribution in [3.63, 3.8) is 0 Å². The minimum Gasteiger partial charge on any atom is -0.384 e. The molecule has 0 bridgehead atoms. The highest BCUT2D eigenvalue weighted by molar-refractivity contribution is 5.91. The number of halogens is 1. The third-order valence-corrected chi connectivity index (χ3v) is 16.9. The van der Waals surface area contributed by atoms with E-state index in [0.29, 0.717) is 72.0 Å². The molecule has 0 spiro atoms. The first kappa shape index (κ1) is 93.8. The fourth-order valence-electron chi connectivity index (χ4n) is 10.2. The summed E-state index contributed by atoms with van der Waals surface area (Å²) in [4.78, 5) is 103. The molecule has 7 aromatic heterocycles. The van der Waals surface area contributed by atoms with Gasteiger partial charge in [0.15, 0.2) is 0 Å². The Morgan fingerprint density at radius 3 is 1.03 bits per heavy atom. The number of rotatable bonds is 23. The Balaban J connectivity index is 0.000000245. The lowest BCUT2D eigenvalue weighted by Gasteiger charge is -2.11. The van der Waals surface area contributed by atoms with Crippen molar-refractivity contribution in [3.05, 3.63) is 277 Å². The van der Waals surface area contributed by atoms with E-state index in [9.17, 15) is 23.6 Å². The van der Waals surface area contributed by atoms with Gasteiger partial charge in [-0.1, -0.05) is 199 Å². The third kappa shape index (κ3) is 33.5. The Bertz CT molecular complexity index is 4890. The Morgan fingerprint density at radius 1 is 0.328 bits per heavy atom. The molecule has 4 aromatic carbocycles. The maximum Gasteiger partial charge on any atom is 0.286 e. The van der Waals surface area contributed by atoms with Crippen LogP contribution in [0.3, 0.4) is 0 Å². The van der Waals surface area contributed by atoms with Gasteiger partial charge < -0.3 is 49.9 Å². The second kappa shape index (κ2) is 46.4. The summed E-state index contributed by atoms with van der Waals surface area (Å²) in [7, 11) is 0. The van der Waals surface area contributed by atoms with E-state index >= 15 is 0 Å². The molecule has 11 rings (SSSR count). The molecule has 0 aliphatic heterocycles. The first-order valence-corrected chi connectivity index (χ1v) is 38.5. The molecule has 27 nitrogen and oxygen atoms in total. The van der Waals surface area contributed by atoms with Gasteiger partial charge in [-0.05, 0) is 136 Å². The molecular formula is C88H116FN23O4. The Labute approximate surface area is 682 Å². The van der Waals surface area contributed by atoms with Crippen LogP contribution >= 0.6 is 0 Å². The van der Waals surface area contributed by atoms with Gasteiger partial charge in [0.1, 0.15) is 64.4 Å². The highest BCUT2D eigenvalue weighted by atomic mass is 19.1. The van der Waals surface area contributed by atoms with Crippen LogP contribution in [-0.2, 0) is 26.2 Å². The number of nitrogens with one attached hydrogen (secondary N) is 4. The van der Waals surface area contributed by atoms with E-state index in [1.54, 1.807) is 38.4 Å². The number of aryl methyl sites for hydroxylation is 7. The molecule has 0 saturated heterocycles. The molecule has 0 aliphatic rings. The van der Waals surface area contributed by atoms with Gasteiger partial charge in [-0.15, -0.1) is 0 Å². The van der Waals surface area contributed by atoms with Crippen molar-refractivity contribution >= 4 is 52.7 Å². The molecule has 614 valence electrons. The maximum absolute atomic E-state index is 13.5. The number of carbonyl (C=O) groups excluding carboxylic acids is 4. The minimum absolute atomic E-state index is 0.0243. The van der Waals surface area contributed by atoms with Gasteiger partial charge in [-0.2, -0.15) is 0 Å². The lowest BCUT2D eigenvalue weighted by molar-refractivity contribution is 0.0982. The summed E-state index contributed by atoms with van der Waals surface area (Å²) < 4.78 is 13.5. The van der Waals surface area contributed by atoms with Crippen LogP contribution in [0.2, 0.25) is 0 Å². The maximum atomic E-state index is 13.5. The van der Waals surface area contributed by atoms with Crippen LogP contribution in [0.25, 0.3) is 0 Å². The first-order chi connectivity index (χ1) is 54.7. The average Bonchev–Trinajstić information content (AvgIpc) is 0.838. The van der Waals surface area contributed by atoms with Crippen LogP contribution in [0.5, 0.6) is 0 Å². The second-order valence-corrected chi connectivity index (χ2v) is 29.8. The van der Waals surface area contributed by atoms with Crippen molar-refractivity contribution in [2.75, 3.05) is 27.0 Å². The summed E-state index contributed by atoms with van der Waals surface area (Å²) in [5.41, 5.74) is 41.6. The summed E-state index contributed by atoms with van der Waals surface area (Å²) in [6.45, 7) is 44.5. The molecule has 116 heavy (non-hydrogen) atoms. The lowest BCUT2D eigenvalue weighted by Crippen LogP contribution is -2.18. The normalized spacial score (nSPS) is 10.6. The topological polar surface area (TPSA) is 427 Å². The smallest absolute Gasteiger partial charge is 0.286 e. The van der Waals surface area contributed by atoms with Crippen LogP contribution in [0.4, 0.5) is 33.5 Å². The predicted octanol–water partition coefficient (Wildman–Crippen LogP) is 15.9. The van der Waals surface area contributed by atoms with E-state index < -0.39 is 23.6 Å². The number of nitrogens with zero attached hydrogens (tertiary/aromatic N) is 14. The average molecular weight is 1580 g/mol. The number of anilines is 5. The highest BCUT2D eigenvalue weighted by Crippen LogP contribution is 2.23. The van der Waals surface area contributed by atoms with Crippen molar-refractivity contribution in [2.45, 2.75) is 213 Å². The Kier molecular flexibility index (Phi) is 37.6. The zero-order chi connectivity index (χ0) is 86.0. The standard InChI is InChI=1S/C16H19FN4O.C16H20N4O.C15H18N4O.C15H19N3.C9H13N3O.C9H14N2.C8H13N3/c1-9(2)13-7-14(21-16(20-13)15(18)22)19-8-11-5-4-10(3)12(17)6-11;1-10(2)13-8-14(20-16(19-13)15(17)21)18-9-12-6-4-11(3)5-7-12;1-10(2)12-8-13(19-15(18-12)14(16)20)17-9-11-6-4-3-5-7-11;1-11(2)14-8-15(18-10-17-14)16-9-13-6-4-12(3)5-7-13;1-5(2)7-4-8(9(10)13)12-6(3)11-7;1-6(2)9-5-7(3)10-8(4)11-9;1-5(2)7-4-8(9)11-6(3)10-7/h4-7,9H,8H2,1-3H3,(H2,18,22)(H,19,20,21);4-8,10H,9H2,1-3H3,(H2,17,21)(H,18,19,20);3-8,10H,9H2,1-2H3,(H2,16,20)(H,17,18,19);4-8,10-11H,9H2,1-3H3,(H,16,17,18);4-5H,1-3H3,(H2,10,13);5-6H,1-4H3;4-5H,1-3H3,(H2,9,10,11). The van der Waals surface area contributed by atoms with Gasteiger partial charge in [0.2, 0.25) is 17.5 Å². The van der Waals surface area contributed by atoms with E-state index in [0.717, 1.165) is 86.3 Å². The number of nitrogens with two attached hydrogens (primary N) is 5. The molecule has 14 N–H and O–H groups in total. The van der Waals surface area contributed by atoms with Crippen molar-refractivity contribution in [3.8, 4) is 0 Å². The summed E-state index contributed by atoms with van der Waals surface area (Å²) in [6.07, 6.45) is 1.62. The number of aromatic nitrogens is 14. The fraction of sp³-hybridized carbons (Fsp3) is 0.364. The summed E-state index contributed by atoms with van der Waals surface area (Å²) >= 11 is 0. The number of nitrogen functional groups attached to an aromatic ring is 1. The van der Waals surface area contributed by atoms with Gasteiger partial charge >= 0.3 is 0 Å².